The zero-order valence-corrected chi connectivity index (χ0v) is 16.8. The van der Waals surface area contributed by atoms with E-state index in [1.54, 1.807) is 14.2 Å². The molecule has 3 aromatic carbocycles. The summed E-state index contributed by atoms with van der Waals surface area (Å²) < 4.78 is 16.8. The summed E-state index contributed by atoms with van der Waals surface area (Å²) in [4.78, 5) is 14.9. The zero-order chi connectivity index (χ0) is 20.2. The second-order valence-electron chi connectivity index (χ2n) is 7.12. The van der Waals surface area contributed by atoms with E-state index in [4.69, 9.17) is 14.2 Å². The van der Waals surface area contributed by atoms with E-state index in [1.807, 2.05) is 65.6 Å². The zero-order valence-electron chi connectivity index (χ0n) is 16.8. The first kappa shape index (κ1) is 19.1. The van der Waals surface area contributed by atoms with Crippen molar-refractivity contribution in [3.63, 3.8) is 0 Å². The topological polar surface area (TPSA) is 48.0 Å². The van der Waals surface area contributed by atoms with Crippen LogP contribution in [0, 0.1) is 0 Å². The van der Waals surface area contributed by atoms with Gasteiger partial charge < -0.3 is 19.1 Å². The first-order valence-electron chi connectivity index (χ1n) is 9.83. The van der Waals surface area contributed by atoms with E-state index in [0.29, 0.717) is 0 Å². The highest BCUT2D eigenvalue weighted by Crippen LogP contribution is 2.38. The lowest BCUT2D eigenvalue weighted by Gasteiger charge is -2.26. The minimum absolute atomic E-state index is 0.0144. The lowest BCUT2D eigenvalue weighted by Crippen LogP contribution is -2.34. The van der Waals surface area contributed by atoms with Crippen LogP contribution in [0.15, 0.2) is 60.7 Å². The SMILES string of the molecule is COc1ccc(C2CCCN2C(=O)COc2cccc3ccccc23)c(OC)c1. The number of benzene rings is 3. The second kappa shape index (κ2) is 8.43. The Labute approximate surface area is 170 Å². The summed E-state index contributed by atoms with van der Waals surface area (Å²) in [7, 11) is 3.27. The van der Waals surface area contributed by atoms with Crippen LogP contribution in [0.2, 0.25) is 0 Å². The van der Waals surface area contributed by atoms with E-state index in [1.165, 1.54) is 0 Å². The minimum atomic E-state index is -0.0155. The Morgan fingerprint density at radius 2 is 1.83 bits per heavy atom. The lowest BCUT2D eigenvalue weighted by atomic mass is 10.0. The van der Waals surface area contributed by atoms with Gasteiger partial charge in [0.1, 0.15) is 17.2 Å². The largest absolute Gasteiger partial charge is 0.497 e. The van der Waals surface area contributed by atoms with Crippen molar-refractivity contribution in [2.75, 3.05) is 27.4 Å². The molecule has 1 fully saturated rings. The van der Waals surface area contributed by atoms with Crippen molar-refractivity contribution in [2.45, 2.75) is 18.9 Å². The molecule has 0 radical (unpaired) electrons. The molecule has 0 N–H and O–H groups in total. The van der Waals surface area contributed by atoms with Gasteiger partial charge in [0.2, 0.25) is 0 Å². The molecule has 4 rings (SSSR count). The predicted molar refractivity (Wildman–Crippen MR) is 113 cm³/mol. The summed E-state index contributed by atoms with van der Waals surface area (Å²) in [6.07, 6.45) is 1.86. The number of ether oxygens (including phenoxy) is 3. The van der Waals surface area contributed by atoms with Crippen LogP contribution in [-0.4, -0.2) is 38.2 Å². The highest BCUT2D eigenvalue weighted by molar-refractivity contribution is 5.88. The second-order valence-corrected chi connectivity index (χ2v) is 7.12. The van der Waals surface area contributed by atoms with Gasteiger partial charge in [-0.25, -0.2) is 0 Å². The van der Waals surface area contributed by atoms with Gasteiger partial charge in [-0.1, -0.05) is 36.4 Å². The molecule has 5 nitrogen and oxygen atoms in total. The molecule has 29 heavy (non-hydrogen) atoms. The fourth-order valence-corrected chi connectivity index (χ4v) is 4.03. The lowest BCUT2D eigenvalue weighted by molar-refractivity contribution is -0.134. The third-order valence-corrected chi connectivity index (χ3v) is 5.47. The molecule has 0 saturated carbocycles. The molecule has 1 atom stereocenters. The molecule has 0 aliphatic carbocycles. The van der Waals surface area contributed by atoms with Gasteiger partial charge in [0.05, 0.1) is 20.3 Å². The Balaban J connectivity index is 1.51. The average Bonchev–Trinajstić information content (AvgIpc) is 3.26. The van der Waals surface area contributed by atoms with E-state index in [2.05, 4.69) is 0 Å². The van der Waals surface area contributed by atoms with Crippen molar-refractivity contribution in [3.8, 4) is 17.2 Å². The highest BCUT2D eigenvalue weighted by Gasteiger charge is 2.32. The molecule has 1 saturated heterocycles. The fraction of sp³-hybridized carbons (Fsp3) is 0.292. The summed E-state index contributed by atoms with van der Waals surface area (Å²) >= 11 is 0. The van der Waals surface area contributed by atoms with Gasteiger partial charge in [0, 0.05) is 23.6 Å². The molecule has 1 aliphatic rings. The molecule has 0 bridgehead atoms. The van der Waals surface area contributed by atoms with E-state index < -0.39 is 0 Å². The maximum Gasteiger partial charge on any atom is 0.261 e. The van der Waals surface area contributed by atoms with Crippen LogP contribution in [0.3, 0.4) is 0 Å². The Kier molecular flexibility index (Phi) is 5.56. The quantitative estimate of drug-likeness (QED) is 0.616. The summed E-state index contributed by atoms with van der Waals surface area (Å²) in [5, 5.41) is 2.11. The van der Waals surface area contributed by atoms with Crippen molar-refractivity contribution in [1.82, 2.24) is 4.90 Å². The summed E-state index contributed by atoms with van der Waals surface area (Å²) in [5.41, 5.74) is 1.00. The first-order chi connectivity index (χ1) is 14.2. The number of amides is 1. The maximum absolute atomic E-state index is 13.0. The Morgan fingerprint density at radius 1 is 1.00 bits per heavy atom. The Hall–Kier alpha value is -3.21. The standard InChI is InChI=1S/C24H25NO4/c1-27-18-12-13-20(23(15-18)28-2)21-10-6-14-25(21)24(26)16-29-22-11-5-8-17-7-3-4-9-19(17)22/h3-5,7-9,11-13,15,21H,6,10,14,16H2,1-2H3. The van der Waals surface area contributed by atoms with E-state index in [-0.39, 0.29) is 18.6 Å². The molecule has 1 unspecified atom stereocenters. The molecule has 1 aliphatic heterocycles. The molecule has 1 heterocycles. The molecule has 0 aromatic heterocycles. The van der Waals surface area contributed by atoms with Gasteiger partial charge in [-0.3, -0.25) is 4.79 Å². The molecule has 1 amide bonds. The number of nitrogens with zero attached hydrogens (tertiary/aromatic N) is 1. The van der Waals surface area contributed by atoms with Crippen LogP contribution in [0.1, 0.15) is 24.4 Å². The first-order valence-corrected chi connectivity index (χ1v) is 9.83. The van der Waals surface area contributed by atoms with Gasteiger partial charge in [0.15, 0.2) is 6.61 Å². The highest BCUT2D eigenvalue weighted by atomic mass is 16.5. The van der Waals surface area contributed by atoms with Crippen molar-refractivity contribution < 1.29 is 19.0 Å². The van der Waals surface area contributed by atoms with E-state index >= 15 is 0 Å². The van der Waals surface area contributed by atoms with E-state index in [9.17, 15) is 4.79 Å². The number of carbonyl (C=O) groups is 1. The molecular formula is C24H25NO4. The van der Waals surface area contributed by atoms with Gasteiger partial charge in [-0.15, -0.1) is 0 Å². The van der Waals surface area contributed by atoms with Crippen molar-refractivity contribution in [1.29, 1.82) is 0 Å². The number of hydrogen-bond donors (Lipinski definition) is 0. The normalized spacial score (nSPS) is 16.1. The van der Waals surface area contributed by atoms with Crippen LogP contribution in [0.4, 0.5) is 0 Å². The summed E-state index contributed by atoms with van der Waals surface area (Å²) in [6, 6.07) is 19.7. The van der Waals surface area contributed by atoms with Gasteiger partial charge in [-0.05, 0) is 36.4 Å². The van der Waals surface area contributed by atoms with Crippen LogP contribution >= 0.6 is 0 Å². The third kappa shape index (κ3) is 3.86. The fourth-order valence-electron chi connectivity index (χ4n) is 4.03. The van der Waals surface area contributed by atoms with Crippen molar-refractivity contribution in [3.05, 3.63) is 66.2 Å². The van der Waals surface area contributed by atoms with Gasteiger partial charge in [0.25, 0.3) is 5.91 Å². The average molecular weight is 391 g/mol. The van der Waals surface area contributed by atoms with Gasteiger partial charge in [-0.2, -0.15) is 0 Å². The number of likely N-dealkylation sites (tertiary alicyclic amines) is 1. The summed E-state index contributed by atoms with van der Waals surface area (Å²) in [5.74, 6) is 2.19. The molecule has 3 aromatic rings. The number of methoxy groups -OCH3 is 2. The summed E-state index contributed by atoms with van der Waals surface area (Å²) in [6.45, 7) is 0.737. The van der Waals surface area contributed by atoms with E-state index in [0.717, 1.165) is 53.0 Å². The number of rotatable bonds is 6. The smallest absolute Gasteiger partial charge is 0.261 e. The van der Waals surface area contributed by atoms with Crippen LogP contribution in [0.5, 0.6) is 17.2 Å². The molecule has 5 heteroatoms. The molecular weight excluding hydrogens is 366 g/mol. The minimum Gasteiger partial charge on any atom is -0.497 e. The van der Waals surface area contributed by atoms with Crippen LogP contribution in [0.25, 0.3) is 10.8 Å². The monoisotopic (exact) mass is 391 g/mol. The Morgan fingerprint density at radius 3 is 2.66 bits per heavy atom. The number of hydrogen-bond acceptors (Lipinski definition) is 4. The van der Waals surface area contributed by atoms with Crippen molar-refractivity contribution >= 4 is 16.7 Å². The number of fused-ring (bicyclic) bond motifs is 1. The molecule has 0 spiro atoms. The Bertz CT molecular complexity index is 1010. The predicted octanol–water partition coefficient (Wildman–Crippen LogP) is 4.60. The van der Waals surface area contributed by atoms with Crippen LogP contribution in [-0.2, 0) is 4.79 Å². The molecule has 150 valence electrons. The van der Waals surface area contributed by atoms with Crippen molar-refractivity contribution in [2.24, 2.45) is 0 Å². The third-order valence-electron chi connectivity index (χ3n) is 5.47. The van der Waals surface area contributed by atoms with Gasteiger partial charge >= 0.3 is 0 Å². The maximum atomic E-state index is 13.0. The van der Waals surface area contributed by atoms with Crippen LogP contribution < -0.4 is 14.2 Å². The number of carbonyl (C=O) groups excluding carboxylic acids is 1.